The van der Waals surface area contributed by atoms with Crippen LogP contribution in [0, 0.1) is 10.1 Å². The average Bonchev–Trinajstić information content (AvgIpc) is 2.90. The van der Waals surface area contributed by atoms with Gasteiger partial charge < -0.3 is 5.32 Å². The van der Waals surface area contributed by atoms with Gasteiger partial charge in [-0.25, -0.2) is 8.42 Å². The molecule has 0 amide bonds. The Morgan fingerprint density at radius 2 is 1.65 bits per heavy atom. The first kappa shape index (κ1) is 24.3. The molecule has 0 saturated carbocycles. The van der Waals surface area contributed by atoms with Gasteiger partial charge in [0.2, 0.25) is 0 Å². The lowest BCUT2D eigenvalue weighted by atomic mass is 10.1. The maximum Gasteiger partial charge on any atom is 0.295 e. The highest BCUT2D eigenvalue weighted by molar-refractivity contribution is 7.99. The Labute approximate surface area is 217 Å². The topological polar surface area (TPSA) is 126 Å². The van der Waals surface area contributed by atoms with Gasteiger partial charge in [-0.2, -0.15) is 5.10 Å². The number of hydrogen-bond acceptors (Lipinski definition) is 8. The SMILES string of the molecule is C/C(=N\Nc1ccc(S(=O)(=O)Nc2ccccc2)cc1[N+](=O)[O-])c1ccc2c(c1)Nc1ccccc1S2. The van der Waals surface area contributed by atoms with E-state index >= 15 is 0 Å². The summed E-state index contributed by atoms with van der Waals surface area (Å²) >= 11 is 1.67. The van der Waals surface area contributed by atoms with E-state index in [1.807, 2.05) is 36.4 Å². The van der Waals surface area contributed by atoms with Crippen molar-refractivity contribution < 1.29 is 13.3 Å². The first-order valence-electron chi connectivity index (χ1n) is 11.1. The van der Waals surface area contributed by atoms with Crippen molar-refractivity contribution in [2.45, 2.75) is 21.6 Å². The molecule has 4 aromatic carbocycles. The second-order valence-corrected chi connectivity index (χ2v) is 10.9. The van der Waals surface area contributed by atoms with E-state index in [0.717, 1.165) is 32.8 Å². The molecule has 0 saturated heterocycles. The van der Waals surface area contributed by atoms with Crippen LogP contribution in [0.15, 0.2) is 111 Å². The fourth-order valence-corrected chi connectivity index (χ4v) is 5.76. The van der Waals surface area contributed by atoms with Gasteiger partial charge in [0.1, 0.15) is 5.69 Å². The molecule has 1 aliphatic rings. The molecule has 186 valence electrons. The minimum Gasteiger partial charge on any atom is -0.354 e. The molecule has 37 heavy (non-hydrogen) atoms. The average molecular weight is 532 g/mol. The molecule has 1 heterocycles. The van der Waals surface area contributed by atoms with Crippen molar-refractivity contribution in [1.29, 1.82) is 0 Å². The summed E-state index contributed by atoms with van der Waals surface area (Å²) in [5, 5.41) is 19.5. The summed E-state index contributed by atoms with van der Waals surface area (Å²) in [5.74, 6) is 0. The van der Waals surface area contributed by atoms with Crippen LogP contribution in [-0.4, -0.2) is 19.1 Å². The number of nitrogens with one attached hydrogen (secondary N) is 3. The van der Waals surface area contributed by atoms with Crippen LogP contribution in [0.5, 0.6) is 0 Å². The highest BCUT2D eigenvalue weighted by Crippen LogP contribution is 2.44. The van der Waals surface area contributed by atoms with Gasteiger partial charge in [0.25, 0.3) is 15.7 Å². The fraction of sp³-hybridized carbons (Fsp3) is 0.0385. The van der Waals surface area contributed by atoms with Gasteiger partial charge in [-0.05, 0) is 61.0 Å². The smallest absolute Gasteiger partial charge is 0.295 e. The zero-order chi connectivity index (χ0) is 26.0. The second-order valence-electron chi connectivity index (χ2n) is 8.15. The number of nitro benzene ring substituents is 1. The molecule has 0 radical (unpaired) electrons. The first-order chi connectivity index (χ1) is 17.8. The summed E-state index contributed by atoms with van der Waals surface area (Å²) in [6, 6.07) is 25.9. The lowest BCUT2D eigenvalue weighted by Gasteiger charge is -2.21. The molecule has 0 atom stereocenters. The summed E-state index contributed by atoms with van der Waals surface area (Å²) < 4.78 is 27.9. The molecule has 4 aromatic rings. The van der Waals surface area contributed by atoms with E-state index in [9.17, 15) is 18.5 Å². The van der Waals surface area contributed by atoms with Gasteiger partial charge >= 0.3 is 0 Å². The van der Waals surface area contributed by atoms with Gasteiger partial charge in [-0.3, -0.25) is 20.3 Å². The zero-order valence-electron chi connectivity index (χ0n) is 19.5. The molecule has 0 fully saturated rings. The Balaban J connectivity index is 1.37. The number of nitrogens with zero attached hydrogens (tertiary/aromatic N) is 2. The Morgan fingerprint density at radius 3 is 2.43 bits per heavy atom. The van der Waals surface area contributed by atoms with Crippen molar-refractivity contribution in [2.24, 2.45) is 5.10 Å². The molecule has 9 nitrogen and oxygen atoms in total. The van der Waals surface area contributed by atoms with Crippen molar-refractivity contribution in [2.75, 3.05) is 15.5 Å². The number of benzene rings is 4. The molecular weight excluding hydrogens is 510 g/mol. The maximum absolute atomic E-state index is 12.7. The summed E-state index contributed by atoms with van der Waals surface area (Å²) in [6.07, 6.45) is 0. The van der Waals surface area contributed by atoms with Gasteiger partial charge in [0.05, 0.1) is 26.9 Å². The highest BCUT2D eigenvalue weighted by atomic mass is 32.2. The lowest BCUT2D eigenvalue weighted by Crippen LogP contribution is -2.13. The van der Waals surface area contributed by atoms with E-state index in [0.29, 0.717) is 11.4 Å². The van der Waals surface area contributed by atoms with E-state index < -0.39 is 20.6 Å². The van der Waals surface area contributed by atoms with Crippen molar-refractivity contribution in [3.63, 3.8) is 0 Å². The van der Waals surface area contributed by atoms with Crippen molar-refractivity contribution >= 4 is 55.9 Å². The highest BCUT2D eigenvalue weighted by Gasteiger charge is 2.22. The Bertz CT molecular complexity index is 1640. The third-order valence-electron chi connectivity index (χ3n) is 5.62. The van der Waals surface area contributed by atoms with E-state index in [-0.39, 0.29) is 10.6 Å². The summed E-state index contributed by atoms with van der Waals surface area (Å²) in [4.78, 5) is 13.1. The van der Waals surface area contributed by atoms with Crippen LogP contribution in [-0.2, 0) is 10.0 Å². The fourth-order valence-electron chi connectivity index (χ4n) is 3.72. The maximum atomic E-state index is 12.7. The van der Waals surface area contributed by atoms with Crippen LogP contribution >= 0.6 is 11.8 Å². The van der Waals surface area contributed by atoms with Crippen LogP contribution in [0.3, 0.4) is 0 Å². The lowest BCUT2D eigenvalue weighted by molar-refractivity contribution is -0.384. The second kappa shape index (κ2) is 9.96. The standard InChI is InChI=1S/C26H21N5O4S2/c1-17(18-11-14-26-23(15-18)27-22-9-5-6-10-25(22)36-26)28-29-21-13-12-20(16-24(21)31(32)33)37(34,35)30-19-7-3-2-4-8-19/h2-16,27,29-30H,1H3/b28-17+. The number of para-hydroxylation sites is 2. The molecule has 5 rings (SSSR count). The van der Waals surface area contributed by atoms with Crippen LogP contribution in [0.4, 0.5) is 28.4 Å². The predicted molar refractivity (Wildman–Crippen MR) is 146 cm³/mol. The van der Waals surface area contributed by atoms with Gasteiger partial charge in [-0.15, -0.1) is 0 Å². The Kier molecular flexibility index (Phi) is 6.55. The summed E-state index contributed by atoms with van der Waals surface area (Å²) in [5.41, 5.74) is 6.14. The molecular formula is C26H21N5O4S2. The minimum absolute atomic E-state index is 0.0728. The van der Waals surface area contributed by atoms with Gasteiger partial charge in [-0.1, -0.05) is 48.2 Å². The zero-order valence-corrected chi connectivity index (χ0v) is 21.1. The molecule has 0 unspecified atom stereocenters. The molecule has 0 aromatic heterocycles. The van der Waals surface area contributed by atoms with E-state index in [1.165, 1.54) is 12.1 Å². The Morgan fingerprint density at radius 1 is 0.919 bits per heavy atom. The normalized spacial score (nSPS) is 12.6. The quantitative estimate of drug-likeness (QED) is 0.125. The molecule has 1 aliphatic heterocycles. The molecule has 3 N–H and O–H groups in total. The van der Waals surface area contributed by atoms with Crippen LogP contribution < -0.4 is 15.5 Å². The third-order valence-corrected chi connectivity index (χ3v) is 8.15. The number of nitro groups is 1. The number of fused-ring (bicyclic) bond motifs is 2. The molecule has 0 bridgehead atoms. The number of anilines is 4. The number of hydrogen-bond donors (Lipinski definition) is 3. The molecule has 0 spiro atoms. The number of hydrazone groups is 1. The van der Waals surface area contributed by atoms with E-state index in [2.05, 4.69) is 26.6 Å². The first-order valence-corrected chi connectivity index (χ1v) is 13.4. The largest absolute Gasteiger partial charge is 0.354 e. The monoisotopic (exact) mass is 531 g/mol. The van der Waals surface area contributed by atoms with Crippen molar-refractivity contribution in [3.8, 4) is 0 Å². The molecule has 11 heteroatoms. The minimum atomic E-state index is -4.02. The Hall–Kier alpha value is -4.35. The van der Waals surface area contributed by atoms with Crippen LogP contribution in [0.1, 0.15) is 12.5 Å². The van der Waals surface area contributed by atoms with E-state index in [4.69, 9.17) is 0 Å². The summed E-state index contributed by atoms with van der Waals surface area (Å²) in [6.45, 7) is 1.78. The van der Waals surface area contributed by atoms with Crippen molar-refractivity contribution in [1.82, 2.24) is 0 Å². The predicted octanol–water partition coefficient (Wildman–Crippen LogP) is 6.44. The van der Waals surface area contributed by atoms with E-state index in [1.54, 1.807) is 49.0 Å². The number of rotatable bonds is 7. The van der Waals surface area contributed by atoms with Crippen LogP contribution in [0.25, 0.3) is 0 Å². The van der Waals surface area contributed by atoms with Crippen molar-refractivity contribution in [3.05, 3.63) is 107 Å². The summed E-state index contributed by atoms with van der Waals surface area (Å²) in [7, 11) is -4.02. The van der Waals surface area contributed by atoms with Gasteiger partial charge in [0, 0.05) is 21.5 Å². The van der Waals surface area contributed by atoms with Crippen LogP contribution in [0.2, 0.25) is 0 Å². The third kappa shape index (κ3) is 5.27. The van der Waals surface area contributed by atoms with Gasteiger partial charge in [0.15, 0.2) is 0 Å². The number of sulfonamides is 1. The molecule has 0 aliphatic carbocycles.